The number of anilines is 1. The molecule has 1 aromatic heterocycles. The summed E-state index contributed by atoms with van der Waals surface area (Å²) in [5, 5.41) is 13.6. The summed E-state index contributed by atoms with van der Waals surface area (Å²) in [6, 6.07) is 7.41. The molecule has 1 aliphatic heterocycles. The number of furan rings is 1. The maximum absolute atomic E-state index is 13.0. The van der Waals surface area contributed by atoms with Crippen molar-refractivity contribution in [3.63, 3.8) is 0 Å². The van der Waals surface area contributed by atoms with Crippen molar-refractivity contribution in [2.75, 3.05) is 18.4 Å². The molecule has 0 atom stereocenters. The average Bonchev–Trinajstić information content (AvgIpc) is 3.31. The minimum absolute atomic E-state index is 0.0822. The third-order valence-corrected chi connectivity index (χ3v) is 5.39. The van der Waals surface area contributed by atoms with E-state index < -0.39 is 17.6 Å². The fraction of sp³-hybridized carbons (Fsp3) is 0.318. The molecule has 8 heteroatoms. The minimum Gasteiger partial charge on any atom is -0.508 e. The van der Waals surface area contributed by atoms with Crippen molar-refractivity contribution in [3.8, 4) is 5.75 Å². The molecule has 2 heterocycles. The molecule has 30 heavy (non-hydrogen) atoms. The highest BCUT2D eigenvalue weighted by Gasteiger charge is 2.30. The number of aryl methyl sites for hydroxylation is 1. The van der Waals surface area contributed by atoms with Crippen molar-refractivity contribution in [1.82, 2.24) is 4.90 Å². The first kappa shape index (κ1) is 20.3. The molecule has 1 aliphatic rings. The van der Waals surface area contributed by atoms with Crippen molar-refractivity contribution < 1.29 is 27.5 Å². The van der Waals surface area contributed by atoms with Crippen LogP contribution in [0.2, 0.25) is 0 Å². The molecule has 158 valence electrons. The van der Waals surface area contributed by atoms with Crippen molar-refractivity contribution in [1.29, 1.82) is 0 Å². The lowest BCUT2D eigenvalue weighted by atomic mass is 10.0. The number of phenolic OH excluding ortho intramolecular Hbond substituents is 1. The van der Waals surface area contributed by atoms with Gasteiger partial charge < -0.3 is 14.8 Å². The average molecular weight is 418 g/mol. The lowest BCUT2D eigenvalue weighted by molar-refractivity contribution is -0.137. The summed E-state index contributed by atoms with van der Waals surface area (Å²) in [7, 11) is 0. The van der Waals surface area contributed by atoms with E-state index in [1.165, 1.54) is 12.1 Å². The molecule has 0 spiro atoms. The van der Waals surface area contributed by atoms with Crippen LogP contribution in [0.1, 0.15) is 40.1 Å². The van der Waals surface area contributed by atoms with Crippen LogP contribution in [-0.4, -0.2) is 29.0 Å². The molecule has 0 unspecified atom stereocenters. The molecule has 2 aromatic carbocycles. The topological polar surface area (TPSA) is 65.7 Å². The van der Waals surface area contributed by atoms with Gasteiger partial charge in [-0.2, -0.15) is 13.2 Å². The number of aromatic hydroxyl groups is 1. The Labute approximate surface area is 171 Å². The SMILES string of the molecule is Cc1oc2ccc(O)c(CN3CCCC3)c2c1C(=O)Nc1ccc(C(F)(F)F)cc1. The van der Waals surface area contributed by atoms with E-state index in [2.05, 4.69) is 10.2 Å². The lowest BCUT2D eigenvalue weighted by Gasteiger charge is -2.17. The number of hydrogen-bond donors (Lipinski definition) is 2. The van der Waals surface area contributed by atoms with E-state index in [9.17, 15) is 23.1 Å². The first-order valence-corrected chi connectivity index (χ1v) is 9.69. The quantitative estimate of drug-likeness (QED) is 0.602. The summed E-state index contributed by atoms with van der Waals surface area (Å²) < 4.78 is 44.0. The summed E-state index contributed by atoms with van der Waals surface area (Å²) >= 11 is 0. The first-order chi connectivity index (χ1) is 14.2. The van der Waals surface area contributed by atoms with Gasteiger partial charge in [-0.15, -0.1) is 0 Å². The van der Waals surface area contributed by atoms with E-state index >= 15 is 0 Å². The molecule has 1 amide bonds. The van der Waals surface area contributed by atoms with Gasteiger partial charge in [0.05, 0.1) is 11.1 Å². The van der Waals surface area contributed by atoms with Crippen LogP contribution in [0, 0.1) is 6.92 Å². The van der Waals surface area contributed by atoms with Gasteiger partial charge in [-0.05, 0) is 69.3 Å². The van der Waals surface area contributed by atoms with Gasteiger partial charge in [-0.1, -0.05) is 0 Å². The Morgan fingerprint density at radius 1 is 1.13 bits per heavy atom. The zero-order valence-corrected chi connectivity index (χ0v) is 16.3. The second-order valence-electron chi connectivity index (χ2n) is 7.48. The van der Waals surface area contributed by atoms with Crippen molar-refractivity contribution in [2.24, 2.45) is 0 Å². The van der Waals surface area contributed by atoms with Crippen LogP contribution in [-0.2, 0) is 12.7 Å². The molecule has 5 nitrogen and oxygen atoms in total. The van der Waals surface area contributed by atoms with E-state index in [1.807, 2.05) is 0 Å². The van der Waals surface area contributed by atoms with Crippen LogP contribution in [0.4, 0.5) is 18.9 Å². The molecule has 4 rings (SSSR count). The van der Waals surface area contributed by atoms with E-state index in [1.54, 1.807) is 19.1 Å². The van der Waals surface area contributed by atoms with E-state index in [0.717, 1.165) is 38.1 Å². The maximum atomic E-state index is 13.0. The third kappa shape index (κ3) is 3.87. The number of alkyl halides is 3. The Morgan fingerprint density at radius 2 is 1.80 bits per heavy atom. The highest BCUT2D eigenvalue weighted by atomic mass is 19.4. The highest BCUT2D eigenvalue weighted by molar-refractivity contribution is 6.14. The lowest BCUT2D eigenvalue weighted by Crippen LogP contribution is -2.19. The number of amides is 1. The Morgan fingerprint density at radius 3 is 2.43 bits per heavy atom. The molecule has 0 radical (unpaired) electrons. The Bertz CT molecular complexity index is 1080. The number of carbonyl (C=O) groups is 1. The highest BCUT2D eigenvalue weighted by Crippen LogP contribution is 2.36. The van der Waals surface area contributed by atoms with Crippen molar-refractivity contribution >= 4 is 22.6 Å². The van der Waals surface area contributed by atoms with Gasteiger partial charge in [0.2, 0.25) is 0 Å². The van der Waals surface area contributed by atoms with Crippen molar-refractivity contribution in [2.45, 2.75) is 32.5 Å². The summed E-state index contributed by atoms with van der Waals surface area (Å²) in [4.78, 5) is 15.2. The summed E-state index contributed by atoms with van der Waals surface area (Å²) in [6.45, 7) is 3.97. The largest absolute Gasteiger partial charge is 0.508 e. The zero-order valence-electron chi connectivity index (χ0n) is 16.3. The number of carbonyl (C=O) groups excluding carboxylic acids is 1. The van der Waals surface area contributed by atoms with Crippen LogP contribution in [0.25, 0.3) is 11.0 Å². The maximum Gasteiger partial charge on any atom is 0.416 e. The fourth-order valence-electron chi connectivity index (χ4n) is 3.90. The van der Waals surface area contributed by atoms with Crippen LogP contribution in [0.3, 0.4) is 0 Å². The number of likely N-dealkylation sites (tertiary alicyclic amines) is 1. The Kier molecular flexibility index (Phi) is 5.19. The second kappa shape index (κ2) is 7.68. The zero-order chi connectivity index (χ0) is 21.5. The summed E-state index contributed by atoms with van der Waals surface area (Å²) in [5.41, 5.74) is 0.821. The summed E-state index contributed by atoms with van der Waals surface area (Å²) in [5.74, 6) is -0.0410. The Balaban J connectivity index is 1.68. The van der Waals surface area contributed by atoms with Crippen LogP contribution >= 0.6 is 0 Å². The molecule has 1 saturated heterocycles. The number of halogens is 3. The number of phenols is 1. The third-order valence-electron chi connectivity index (χ3n) is 5.39. The predicted molar refractivity (Wildman–Crippen MR) is 107 cm³/mol. The molecule has 1 fully saturated rings. The van der Waals surface area contributed by atoms with E-state index in [0.29, 0.717) is 28.8 Å². The van der Waals surface area contributed by atoms with Crippen LogP contribution in [0.15, 0.2) is 40.8 Å². The Hall–Kier alpha value is -3.00. The second-order valence-corrected chi connectivity index (χ2v) is 7.48. The number of nitrogens with one attached hydrogen (secondary N) is 1. The molecule has 0 saturated carbocycles. The smallest absolute Gasteiger partial charge is 0.416 e. The first-order valence-electron chi connectivity index (χ1n) is 9.69. The van der Waals surface area contributed by atoms with E-state index in [-0.39, 0.29) is 17.0 Å². The van der Waals surface area contributed by atoms with Gasteiger partial charge >= 0.3 is 6.18 Å². The fourth-order valence-corrected chi connectivity index (χ4v) is 3.90. The van der Waals surface area contributed by atoms with Gasteiger partial charge in [-0.25, -0.2) is 0 Å². The number of rotatable bonds is 4. The molecular weight excluding hydrogens is 397 g/mol. The number of benzene rings is 2. The van der Waals surface area contributed by atoms with E-state index in [4.69, 9.17) is 4.42 Å². The molecule has 0 aliphatic carbocycles. The van der Waals surface area contributed by atoms with Crippen molar-refractivity contribution in [3.05, 3.63) is 58.8 Å². The van der Waals surface area contributed by atoms with Gasteiger partial charge in [0.1, 0.15) is 17.1 Å². The van der Waals surface area contributed by atoms with Gasteiger partial charge in [-0.3, -0.25) is 9.69 Å². The van der Waals surface area contributed by atoms with Gasteiger partial charge in [0.15, 0.2) is 0 Å². The number of nitrogens with zero attached hydrogens (tertiary/aromatic N) is 1. The number of hydrogen-bond acceptors (Lipinski definition) is 4. The molecule has 0 bridgehead atoms. The van der Waals surface area contributed by atoms with Crippen LogP contribution in [0.5, 0.6) is 5.75 Å². The molecule has 2 N–H and O–H groups in total. The van der Waals surface area contributed by atoms with Gasteiger partial charge in [0, 0.05) is 23.2 Å². The number of fused-ring (bicyclic) bond motifs is 1. The monoisotopic (exact) mass is 418 g/mol. The predicted octanol–water partition coefficient (Wildman–Crippen LogP) is 5.31. The minimum atomic E-state index is -4.44. The normalized spacial score (nSPS) is 15.1. The van der Waals surface area contributed by atoms with Crippen LogP contribution < -0.4 is 5.32 Å². The summed E-state index contributed by atoms with van der Waals surface area (Å²) in [6.07, 6.45) is -2.27. The molecular formula is C22H21F3N2O3. The molecule has 3 aromatic rings. The standard InChI is InChI=1S/C22H21F3N2O3/c1-13-19(21(29)26-15-6-4-14(5-7-15)22(23,24)25)20-16(12-27-10-2-3-11-27)17(28)8-9-18(20)30-13/h4-9,28H,2-3,10-12H2,1H3,(H,26,29). The van der Waals surface area contributed by atoms with Gasteiger partial charge in [0.25, 0.3) is 5.91 Å².